The van der Waals surface area contributed by atoms with Gasteiger partial charge in [-0.05, 0) is 24.3 Å². The maximum absolute atomic E-state index is 11.8. The van der Waals surface area contributed by atoms with Crippen molar-refractivity contribution in [3.05, 3.63) is 53.6 Å². The number of hydrogen-bond acceptors (Lipinski definition) is 4. The smallest absolute Gasteiger partial charge is 0.335 e. The van der Waals surface area contributed by atoms with E-state index in [4.69, 9.17) is 5.11 Å². The standard InChI is InChI=1S/C14H11NO4/c16-12-7-2-1-4-9(12)8-15-11-6-3-5-10(13(11)17)14(18)19/h1-8,16-17H,(H,18,19)/p-1. The highest BCUT2D eigenvalue weighted by atomic mass is 16.4. The highest BCUT2D eigenvalue weighted by molar-refractivity contribution is 5.93. The predicted octanol–water partition coefficient (Wildman–Crippen LogP) is 1.91. The average Bonchev–Trinajstić information content (AvgIpc) is 2.39. The van der Waals surface area contributed by atoms with E-state index < -0.39 is 11.7 Å². The highest BCUT2D eigenvalue weighted by Crippen LogP contribution is 2.27. The van der Waals surface area contributed by atoms with Crippen molar-refractivity contribution in [3.8, 4) is 11.5 Å². The van der Waals surface area contributed by atoms with Crippen molar-refractivity contribution in [1.82, 2.24) is 0 Å². The summed E-state index contributed by atoms with van der Waals surface area (Å²) in [7, 11) is 0. The van der Waals surface area contributed by atoms with Gasteiger partial charge in [-0.15, -0.1) is 0 Å². The molecule has 2 N–H and O–H groups in total. The van der Waals surface area contributed by atoms with Crippen molar-refractivity contribution in [2.75, 3.05) is 0 Å². The number of rotatable bonds is 3. The molecule has 0 atom stereocenters. The highest BCUT2D eigenvalue weighted by Gasteiger charge is 2.05. The Morgan fingerprint density at radius 1 is 1.16 bits per heavy atom. The third kappa shape index (κ3) is 2.71. The number of carbonyl (C=O) groups is 1. The zero-order chi connectivity index (χ0) is 13.8. The van der Waals surface area contributed by atoms with Crippen molar-refractivity contribution < 1.29 is 20.1 Å². The molecule has 2 aromatic rings. The van der Waals surface area contributed by atoms with E-state index in [1.54, 1.807) is 18.2 Å². The first-order chi connectivity index (χ1) is 9.09. The van der Waals surface area contributed by atoms with E-state index in [1.807, 2.05) is 0 Å². The largest absolute Gasteiger partial charge is 0.870 e. The van der Waals surface area contributed by atoms with Crippen LogP contribution in [0.3, 0.4) is 0 Å². The summed E-state index contributed by atoms with van der Waals surface area (Å²) in [5, 5.41) is 30.1. The number of aliphatic imine (C=N–C) groups is 1. The van der Waals surface area contributed by atoms with E-state index in [0.29, 0.717) is 5.56 Å². The molecule has 96 valence electrons. The number of nitrogens with zero attached hydrogens (tertiary/aromatic N) is 1. The van der Waals surface area contributed by atoms with E-state index in [1.165, 1.54) is 30.5 Å². The molecular weight excluding hydrogens is 246 g/mol. The fourth-order valence-corrected chi connectivity index (χ4v) is 1.53. The van der Waals surface area contributed by atoms with Gasteiger partial charge in [0.05, 0.1) is 11.3 Å². The minimum Gasteiger partial charge on any atom is -0.870 e. The van der Waals surface area contributed by atoms with Crippen LogP contribution in [0, 0.1) is 0 Å². The van der Waals surface area contributed by atoms with E-state index in [2.05, 4.69) is 4.99 Å². The van der Waals surface area contributed by atoms with Crippen LogP contribution in [0.2, 0.25) is 0 Å². The lowest BCUT2D eigenvalue weighted by Crippen LogP contribution is -2.03. The molecule has 0 bridgehead atoms. The average molecular weight is 256 g/mol. The summed E-state index contributed by atoms with van der Waals surface area (Å²) in [6.45, 7) is 0. The van der Waals surface area contributed by atoms with Gasteiger partial charge in [-0.2, -0.15) is 0 Å². The maximum atomic E-state index is 11.8. The van der Waals surface area contributed by atoms with Crippen molar-refractivity contribution in [2.45, 2.75) is 0 Å². The van der Waals surface area contributed by atoms with Crippen molar-refractivity contribution in [1.29, 1.82) is 0 Å². The number of carboxylic acid groups (broad SMARTS) is 1. The monoisotopic (exact) mass is 256 g/mol. The number of aromatic hydroxyl groups is 1. The molecule has 0 unspecified atom stereocenters. The summed E-state index contributed by atoms with van der Waals surface area (Å²) in [5.41, 5.74) is 0.137. The van der Waals surface area contributed by atoms with E-state index in [0.717, 1.165) is 0 Å². The number of phenols is 1. The minimum atomic E-state index is -1.29. The van der Waals surface area contributed by atoms with Gasteiger partial charge in [-0.25, -0.2) is 4.79 Å². The molecule has 0 aliphatic heterocycles. The Morgan fingerprint density at radius 3 is 2.58 bits per heavy atom. The van der Waals surface area contributed by atoms with E-state index in [-0.39, 0.29) is 17.0 Å². The first-order valence-corrected chi connectivity index (χ1v) is 5.45. The van der Waals surface area contributed by atoms with Crippen LogP contribution in [0.5, 0.6) is 11.5 Å². The SMILES string of the molecule is O=C(O)c1cccc(N=Cc2ccccc2O)c1[O-]. The van der Waals surface area contributed by atoms with E-state index in [9.17, 15) is 15.0 Å². The molecule has 0 saturated carbocycles. The Hall–Kier alpha value is -2.82. The Balaban J connectivity index is 2.37. The van der Waals surface area contributed by atoms with Crippen LogP contribution in [0.1, 0.15) is 15.9 Å². The maximum Gasteiger partial charge on any atom is 0.335 e. The van der Waals surface area contributed by atoms with Gasteiger partial charge in [0.1, 0.15) is 5.75 Å². The molecule has 2 aromatic carbocycles. The number of aromatic carboxylic acids is 1. The van der Waals surface area contributed by atoms with Crippen LogP contribution < -0.4 is 5.11 Å². The van der Waals surface area contributed by atoms with Crippen LogP contribution in [0.4, 0.5) is 5.69 Å². The first-order valence-electron chi connectivity index (χ1n) is 5.45. The number of carboxylic acids is 1. The van der Waals surface area contributed by atoms with Gasteiger partial charge in [0, 0.05) is 11.8 Å². The van der Waals surface area contributed by atoms with Crippen LogP contribution in [-0.4, -0.2) is 22.4 Å². The van der Waals surface area contributed by atoms with Gasteiger partial charge in [-0.3, -0.25) is 4.99 Å². The molecule has 19 heavy (non-hydrogen) atoms. The summed E-state index contributed by atoms with van der Waals surface area (Å²) in [4.78, 5) is 14.7. The summed E-state index contributed by atoms with van der Waals surface area (Å²) >= 11 is 0. The third-order valence-electron chi connectivity index (χ3n) is 2.50. The summed E-state index contributed by atoms with van der Waals surface area (Å²) < 4.78 is 0. The van der Waals surface area contributed by atoms with Crippen molar-refractivity contribution in [3.63, 3.8) is 0 Å². The van der Waals surface area contributed by atoms with Gasteiger partial charge in [-0.1, -0.05) is 23.9 Å². The lowest BCUT2D eigenvalue weighted by Gasteiger charge is -2.12. The van der Waals surface area contributed by atoms with Crippen LogP contribution in [0.25, 0.3) is 0 Å². The molecular formula is C14H10NO4-. The quantitative estimate of drug-likeness (QED) is 0.820. The van der Waals surface area contributed by atoms with Gasteiger partial charge in [0.2, 0.25) is 0 Å². The summed E-state index contributed by atoms with van der Waals surface area (Å²) in [6.07, 6.45) is 1.32. The number of phenolic OH excluding ortho intramolecular Hbond substituents is 1. The van der Waals surface area contributed by atoms with Gasteiger partial charge >= 0.3 is 5.97 Å². The fraction of sp³-hybridized carbons (Fsp3) is 0. The zero-order valence-corrected chi connectivity index (χ0v) is 9.78. The van der Waals surface area contributed by atoms with Gasteiger partial charge in [0.25, 0.3) is 0 Å². The van der Waals surface area contributed by atoms with Gasteiger partial charge in [0.15, 0.2) is 0 Å². The van der Waals surface area contributed by atoms with E-state index >= 15 is 0 Å². The van der Waals surface area contributed by atoms with Crippen molar-refractivity contribution >= 4 is 17.9 Å². The number of para-hydroxylation sites is 2. The van der Waals surface area contributed by atoms with Gasteiger partial charge < -0.3 is 15.3 Å². The normalized spacial score (nSPS) is 10.7. The van der Waals surface area contributed by atoms with Crippen LogP contribution in [-0.2, 0) is 0 Å². The van der Waals surface area contributed by atoms with Crippen LogP contribution >= 0.6 is 0 Å². The van der Waals surface area contributed by atoms with Crippen molar-refractivity contribution in [2.24, 2.45) is 4.99 Å². The topological polar surface area (TPSA) is 93.0 Å². The summed E-state index contributed by atoms with van der Waals surface area (Å²) in [6, 6.07) is 10.6. The predicted molar refractivity (Wildman–Crippen MR) is 68.2 cm³/mol. The first kappa shape index (κ1) is 12.6. The fourth-order valence-electron chi connectivity index (χ4n) is 1.53. The lowest BCUT2D eigenvalue weighted by atomic mass is 10.1. The minimum absolute atomic E-state index is 0.0168. The molecule has 0 heterocycles. The molecule has 5 nitrogen and oxygen atoms in total. The molecule has 0 aliphatic rings. The summed E-state index contributed by atoms with van der Waals surface area (Å²) in [5.74, 6) is -1.90. The second kappa shape index (κ2) is 5.22. The molecule has 0 saturated heterocycles. The zero-order valence-electron chi connectivity index (χ0n) is 9.78. The lowest BCUT2D eigenvalue weighted by molar-refractivity contribution is -0.267. The molecule has 0 aliphatic carbocycles. The second-order valence-corrected chi connectivity index (χ2v) is 3.78. The molecule has 0 radical (unpaired) electrons. The molecule has 5 heteroatoms. The molecule has 2 rings (SSSR count). The Bertz CT molecular complexity index is 650. The Kier molecular flexibility index (Phi) is 3.47. The molecule has 0 fully saturated rings. The molecule has 0 amide bonds. The van der Waals surface area contributed by atoms with Crippen LogP contribution in [0.15, 0.2) is 47.5 Å². The Labute approximate surface area is 109 Å². The molecule has 0 aromatic heterocycles. The third-order valence-corrected chi connectivity index (χ3v) is 2.50. The molecule has 0 spiro atoms. The number of hydrogen-bond donors (Lipinski definition) is 2. The second-order valence-electron chi connectivity index (χ2n) is 3.78. The Morgan fingerprint density at radius 2 is 1.89 bits per heavy atom. The number of benzene rings is 2.